The van der Waals surface area contributed by atoms with Crippen LogP contribution in [0.2, 0.25) is 0 Å². The third-order valence-corrected chi connectivity index (χ3v) is 3.87. The summed E-state index contributed by atoms with van der Waals surface area (Å²) in [5, 5.41) is 13.9. The molecule has 2 unspecified atom stereocenters. The van der Waals surface area contributed by atoms with E-state index in [4.69, 9.17) is 0 Å². The van der Waals surface area contributed by atoms with E-state index < -0.39 is 23.4 Å². The molecule has 1 aromatic carbocycles. The van der Waals surface area contributed by atoms with E-state index in [1.165, 1.54) is 12.1 Å². The summed E-state index contributed by atoms with van der Waals surface area (Å²) in [7, 11) is 0. The fraction of sp³-hybridized carbons (Fsp3) is 0.467. The summed E-state index contributed by atoms with van der Waals surface area (Å²) in [6.07, 6.45) is 3.33. The maximum absolute atomic E-state index is 13.4. The largest absolute Gasteiger partial charge is 0.396 e. The maximum atomic E-state index is 13.4. The van der Waals surface area contributed by atoms with Crippen LogP contribution in [-0.4, -0.2) is 29.6 Å². The molecule has 2 amide bonds. The van der Waals surface area contributed by atoms with Gasteiger partial charge in [0.25, 0.3) is 0 Å². The lowest BCUT2D eigenvalue weighted by atomic mass is 9.85. The zero-order valence-electron chi connectivity index (χ0n) is 11.9. The second-order valence-electron chi connectivity index (χ2n) is 5.36. The average molecular weight is 312 g/mol. The van der Waals surface area contributed by atoms with Gasteiger partial charge in [-0.1, -0.05) is 18.9 Å². The SMILES string of the molecule is O=C(Nc1cccc(F)c1F)C(=O)NC1CCCCC1CO. The van der Waals surface area contributed by atoms with Crippen molar-refractivity contribution >= 4 is 17.5 Å². The van der Waals surface area contributed by atoms with Gasteiger partial charge in [0.15, 0.2) is 11.6 Å². The van der Waals surface area contributed by atoms with Crippen molar-refractivity contribution in [3.8, 4) is 0 Å². The topological polar surface area (TPSA) is 78.4 Å². The highest BCUT2D eigenvalue weighted by Crippen LogP contribution is 2.24. The Bertz CT molecular complexity index is 566. The minimum absolute atomic E-state index is 0.0644. The molecule has 1 saturated carbocycles. The van der Waals surface area contributed by atoms with Gasteiger partial charge in [-0.05, 0) is 25.0 Å². The first-order chi connectivity index (χ1) is 10.5. The molecular formula is C15H18F2N2O3. The highest BCUT2D eigenvalue weighted by atomic mass is 19.2. The number of benzene rings is 1. The van der Waals surface area contributed by atoms with E-state index in [1.807, 2.05) is 5.32 Å². The Morgan fingerprint density at radius 2 is 1.91 bits per heavy atom. The number of nitrogens with one attached hydrogen (secondary N) is 2. The molecule has 2 rings (SSSR count). The lowest BCUT2D eigenvalue weighted by Gasteiger charge is -2.30. The quantitative estimate of drug-likeness (QED) is 0.741. The molecule has 2 atom stereocenters. The Morgan fingerprint density at radius 1 is 1.18 bits per heavy atom. The fourth-order valence-electron chi connectivity index (χ4n) is 2.63. The summed E-state index contributed by atoms with van der Waals surface area (Å²) >= 11 is 0. The number of amides is 2. The van der Waals surface area contributed by atoms with Crippen LogP contribution in [0.3, 0.4) is 0 Å². The number of hydrogen-bond acceptors (Lipinski definition) is 3. The van der Waals surface area contributed by atoms with Crippen molar-refractivity contribution in [3.63, 3.8) is 0 Å². The zero-order chi connectivity index (χ0) is 16.1. The third kappa shape index (κ3) is 3.79. The number of halogens is 2. The summed E-state index contributed by atoms with van der Waals surface area (Å²) in [5.41, 5.74) is -0.387. The third-order valence-electron chi connectivity index (χ3n) is 3.87. The molecule has 1 aromatic rings. The smallest absolute Gasteiger partial charge is 0.313 e. The van der Waals surface area contributed by atoms with E-state index in [9.17, 15) is 23.5 Å². The van der Waals surface area contributed by atoms with Crippen molar-refractivity contribution in [2.24, 2.45) is 5.92 Å². The average Bonchev–Trinajstić information content (AvgIpc) is 2.52. The second kappa shape index (κ2) is 7.31. The Labute approximate surface area is 126 Å². The number of carbonyl (C=O) groups excluding carboxylic acids is 2. The molecular weight excluding hydrogens is 294 g/mol. The lowest BCUT2D eigenvalue weighted by Crippen LogP contribution is -2.47. The number of carbonyl (C=O) groups is 2. The summed E-state index contributed by atoms with van der Waals surface area (Å²) in [6.45, 7) is -0.0644. The molecule has 120 valence electrons. The van der Waals surface area contributed by atoms with E-state index >= 15 is 0 Å². The standard InChI is InChI=1S/C15H18F2N2O3/c16-10-5-3-7-12(13(10)17)19-15(22)14(21)18-11-6-2-1-4-9(11)8-20/h3,5,7,9,11,20H,1-2,4,6,8H2,(H,18,21)(H,19,22). The molecule has 3 N–H and O–H groups in total. The van der Waals surface area contributed by atoms with Gasteiger partial charge in [0, 0.05) is 18.6 Å². The molecule has 7 heteroatoms. The molecule has 5 nitrogen and oxygen atoms in total. The molecule has 0 heterocycles. The van der Waals surface area contributed by atoms with Crippen molar-refractivity contribution < 1.29 is 23.5 Å². The van der Waals surface area contributed by atoms with Crippen molar-refractivity contribution in [3.05, 3.63) is 29.8 Å². The molecule has 1 aliphatic rings. The van der Waals surface area contributed by atoms with Crippen LogP contribution in [0.25, 0.3) is 0 Å². The molecule has 0 saturated heterocycles. The van der Waals surface area contributed by atoms with Gasteiger partial charge in [-0.15, -0.1) is 0 Å². The molecule has 1 fully saturated rings. The predicted molar refractivity (Wildman–Crippen MR) is 76.0 cm³/mol. The first kappa shape index (κ1) is 16.4. The number of aliphatic hydroxyl groups excluding tert-OH is 1. The van der Waals surface area contributed by atoms with E-state index in [-0.39, 0.29) is 24.3 Å². The molecule has 0 aliphatic heterocycles. The van der Waals surface area contributed by atoms with Crippen LogP contribution in [0.1, 0.15) is 25.7 Å². The van der Waals surface area contributed by atoms with Crippen LogP contribution >= 0.6 is 0 Å². The van der Waals surface area contributed by atoms with Crippen LogP contribution in [0.5, 0.6) is 0 Å². The number of hydrogen-bond donors (Lipinski definition) is 3. The maximum Gasteiger partial charge on any atom is 0.313 e. The zero-order valence-corrected chi connectivity index (χ0v) is 11.9. The number of rotatable bonds is 3. The Morgan fingerprint density at radius 3 is 2.64 bits per heavy atom. The summed E-state index contributed by atoms with van der Waals surface area (Å²) in [4.78, 5) is 23.6. The minimum Gasteiger partial charge on any atom is -0.396 e. The van der Waals surface area contributed by atoms with E-state index in [2.05, 4.69) is 5.32 Å². The molecule has 1 aliphatic carbocycles. The van der Waals surface area contributed by atoms with Crippen LogP contribution in [0, 0.1) is 17.6 Å². The van der Waals surface area contributed by atoms with Crippen molar-refractivity contribution in [2.45, 2.75) is 31.7 Å². The number of anilines is 1. The minimum atomic E-state index is -1.21. The van der Waals surface area contributed by atoms with E-state index in [0.717, 1.165) is 25.3 Å². The molecule has 22 heavy (non-hydrogen) atoms. The first-order valence-corrected chi connectivity index (χ1v) is 7.19. The summed E-state index contributed by atoms with van der Waals surface area (Å²) in [6, 6.07) is 3.03. The van der Waals surface area contributed by atoms with Crippen molar-refractivity contribution in [2.75, 3.05) is 11.9 Å². The highest BCUT2D eigenvalue weighted by Gasteiger charge is 2.28. The summed E-state index contributed by atoms with van der Waals surface area (Å²) < 4.78 is 26.5. The van der Waals surface area contributed by atoms with E-state index in [0.29, 0.717) is 6.42 Å². The van der Waals surface area contributed by atoms with Crippen LogP contribution in [-0.2, 0) is 9.59 Å². The van der Waals surface area contributed by atoms with Gasteiger partial charge in [0.1, 0.15) is 0 Å². The van der Waals surface area contributed by atoms with Gasteiger partial charge in [0.2, 0.25) is 0 Å². The Kier molecular flexibility index (Phi) is 5.43. The molecule has 0 spiro atoms. The lowest BCUT2D eigenvalue weighted by molar-refractivity contribution is -0.137. The van der Waals surface area contributed by atoms with Gasteiger partial charge in [0.05, 0.1) is 5.69 Å². The molecule has 0 bridgehead atoms. The molecule has 0 radical (unpaired) electrons. The van der Waals surface area contributed by atoms with Gasteiger partial charge >= 0.3 is 11.8 Å². The van der Waals surface area contributed by atoms with Crippen molar-refractivity contribution in [1.29, 1.82) is 0 Å². The van der Waals surface area contributed by atoms with Crippen molar-refractivity contribution in [1.82, 2.24) is 5.32 Å². The van der Waals surface area contributed by atoms with Crippen LogP contribution in [0.4, 0.5) is 14.5 Å². The van der Waals surface area contributed by atoms with Gasteiger partial charge < -0.3 is 15.7 Å². The van der Waals surface area contributed by atoms with Crippen LogP contribution in [0.15, 0.2) is 18.2 Å². The second-order valence-corrected chi connectivity index (χ2v) is 5.36. The fourth-order valence-corrected chi connectivity index (χ4v) is 2.63. The number of aliphatic hydroxyl groups is 1. The van der Waals surface area contributed by atoms with Gasteiger partial charge in [-0.25, -0.2) is 8.78 Å². The van der Waals surface area contributed by atoms with Crippen LogP contribution < -0.4 is 10.6 Å². The van der Waals surface area contributed by atoms with Gasteiger partial charge in [-0.3, -0.25) is 9.59 Å². The Hall–Kier alpha value is -2.02. The predicted octanol–water partition coefficient (Wildman–Crippen LogP) is 1.57. The summed E-state index contributed by atoms with van der Waals surface area (Å²) in [5.74, 6) is -4.39. The first-order valence-electron chi connectivity index (χ1n) is 7.19. The Balaban J connectivity index is 1.97. The molecule has 0 aromatic heterocycles. The monoisotopic (exact) mass is 312 g/mol. The normalized spacial score (nSPS) is 21.2. The highest BCUT2D eigenvalue weighted by molar-refractivity contribution is 6.39. The van der Waals surface area contributed by atoms with Gasteiger partial charge in [-0.2, -0.15) is 0 Å². The van der Waals surface area contributed by atoms with E-state index in [1.54, 1.807) is 0 Å².